The van der Waals surface area contributed by atoms with E-state index in [1.807, 2.05) is 17.9 Å². The third kappa shape index (κ3) is 3.96. The van der Waals surface area contributed by atoms with Crippen molar-refractivity contribution in [2.45, 2.75) is 19.8 Å². The number of rotatable bonds is 4. The highest BCUT2D eigenvalue weighted by atomic mass is 35.5. The molecule has 3 rings (SSSR count). The van der Waals surface area contributed by atoms with Crippen LogP contribution in [-0.4, -0.2) is 23.9 Å². The standard InChI is InChI=1S/C19H20ClN3O3/c1-13-12-15(20)6-7-16(13)21-19(24)14-8-10-22(11-9-14)17-4-2-3-5-18(17)23(25)26/h2-7,12,14H,8-11H2,1H3,(H,21,24). The Morgan fingerprint density at radius 1 is 1.23 bits per heavy atom. The highest BCUT2D eigenvalue weighted by Crippen LogP contribution is 2.31. The maximum atomic E-state index is 12.6. The van der Waals surface area contributed by atoms with E-state index in [1.165, 1.54) is 6.07 Å². The van der Waals surface area contributed by atoms with Gasteiger partial charge in [-0.3, -0.25) is 14.9 Å². The number of nitro benzene ring substituents is 1. The van der Waals surface area contributed by atoms with Crippen molar-refractivity contribution < 1.29 is 9.72 Å². The number of amides is 1. The van der Waals surface area contributed by atoms with Gasteiger partial charge in [-0.1, -0.05) is 23.7 Å². The first kappa shape index (κ1) is 18.2. The summed E-state index contributed by atoms with van der Waals surface area (Å²) in [6.07, 6.45) is 1.31. The largest absolute Gasteiger partial charge is 0.366 e. The maximum absolute atomic E-state index is 12.6. The Labute approximate surface area is 156 Å². The highest BCUT2D eigenvalue weighted by Gasteiger charge is 2.28. The number of para-hydroxylation sites is 2. The van der Waals surface area contributed by atoms with Crippen LogP contribution in [0.15, 0.2) is 42.5 Å². The van der Waals surface area contributed by atoms with E-state index in [-0.39, 0.29) is 22.4 Å². The molecule has 0 spiro atoms. The SMILES string of the molecule is Cc1cc(Cl)ccc1NC(=O)C1CCN(c2ccccc2[N+](=O)[O-])CC1. The van der Waals surface area contributed by atoms with Crippen LogP contribution in [0, 0.1) is 23.0 Å². The van der Waals surface area contributed by atoms with Gasteiger partial charge in [0, 0.05) is 35.8 Å². The molecule has 0 saturated carbocycles. The molecule has 0 unspecified atom stereocenters. The van der Waals surface area contributed by atoms with E-state index < -0.39 is 0 Å². The van der Waals surface area contributed by atoms with Crippen LogP contribution in [0.25, 0.3) is 0 Å². The first-order chi connectivity index (χ1) is 12.5. The summed E-state index contributed by atoms with van der Waals surface area (Å²) in [6, 6.07) is 12.1. The first-order valence-corrected chi connectivity index (χ1v) is 8.89. The molecule has 0 aromatic heterocycles. The Kier molecular flexibility index (Phi) is 5.42. The summed E-state index contributed by atoms with van der Waals surface area (Å²) >= 11 is 5.95. The summed E-state index contributed by atoms with van der Waals surface area (Å²) < 4.78 is 0. The van der Waals surface area contributed by atoms with Gasteiger partial charge in [-0.05, 0) is 49.6 Å². The van der Waals surface area contributed by atoms with E-state index in [0.717, 1.165) is 11.3 Å². The Morgan fingerprint density at radius 3 is 2.58 bits per heavy atom. The Hall–Kier alpha value is -2.60. The van der Waals surface area contributed by atoms with Gasteiger partial charge in [0.1, 0.15) is 5.69 Å². The lowest BCUT2D eigenvalue weighted by Gasteiger charge is -2.32. The van der Waals surface area contributed by atoms with Crippen LogP contribution < -0.4 is 10.2 Å². The lowest BCUT2D eigenvalue weighted by atomic mass is 9.95. The molecule has 1 aliphatic heterocycles. The number of nitrogens with zero attached hydrogens (tertiary/aromatic N) is 2. The molecular weight excluding hydrogens is 354 g/mol. The minimum Gasteiger partial charge on any atom is -0.366 e. The number of halogens is 1. The first-order valence-electron chi connectivity index (χ1n) is 8.51. The van der Waals surface area contributed by atoms with Crippen LogP contribution in [0.5, 0.6) is 0 Å². The Balaban J connectivity index is 1.63. The topological polar surface area (TPSA) is 75.5 Å². The number of hydrogen-bond donors (Lipinski definition) is 1. The molecule has 0 bridgehead atoms. The molecule has 1 aliphatic rings. The Bertz CT molecular complexity index is 833. The van der Waals surface area contributed by atoms with Crippen molar-refractivity contribution in [3.63, 3.8) is 0 Å². The minimum absolute atomic E-state index is 0.0161. The monoisotopic (exact) mass is 373 g/mol. The highest BCUT2D eigenvalue weighted by molar-refractivity contribution is 6.30. The van der Waals surface area contributed by atoms with Crippen LogP contribution in [0.2, 0.25) is 5.02 Å². The van der Waals surface area contributed by atoms with Crippen molar-refractivity contribution in [3.05, 3.63) is 63.2 Å². The average molecular weight is 374 g/mol. The molecule has 26 heavy (non-hydrogen) atoms. The molecule has 0 aliphatic carbocycles. The molecule has 7 heteroatoms. The van der Waals surface area contributed by atoms with Gasteiger partial charge in [0.25, 0.3) is 5.69 Å². The predicted octanol–water partition coefficient (Wildman–Crippen LogP) is 4.41. The summed E-state index contributed by atoms with van der Waals surface area (Å²) in [5.41, 5.74) is 2.40. The zero-order chi connectivity index (χ0) is 18.7. The summed E-state index contributed by atoms with van der Waals surface area (Å²) in [5, 5.41) is 14.8. The number of piperidine rings is 1. The van der Waals surface area contributed by atoms with Crippen molar-refractivity contribution in [2.75, 3.05) is 23.3 Å². The zero-order valence-corrected chi connectivity index (χ0v) is 15.2. The van der Waals surface area contributed by atoms with Gasteiger partial charge < -0.3 is 10.2 Å². The van der Waals surface area contributed by atoms with Gasteiger partial charge in [0.15, 0.2) is 0 Å². The molecule has 6 nitrogen and oxygen atoms in total. The normalized spacial score (nSPS) is 14.9. The molecule has 1 heterocycles. The van der Waals surface area contributed by atoms with Crippen LogP contribution in [0.4, 0.5) is 17.1 Å². The van der Waals surface area contributed by atoms with Crippen LogP contribution in [-0.2, 0) is 4.79 Å². The number of nitrogens with one attached hydrogen (secondary N) is 1. The zero-order valence-electron chi connectivity index (χ0n) is 14.4. The smallest absolute Gasteiger partial charge is 0.292 e. The van der Waals surface area contributed by atoms with E-state index in [1.54, 1.807) is 30.3 Å². The van der Waals surface area contributed by atoms with Gasteiger partial charge in [-0.25, -0.2) is 0 Å². The van der Waals surface area contributed by atoms with Crippen LogP contribution in [0.3, 0.4) is 0 Å². The second kappa shape index (κ2) is 7.74. The molecule has 0 atom stereocenters. The average Bonchev–Trinajstić information content (AvgIpc) is 2.64. The molecule has 1 N–H and O–H groups in total. The second-order valence-electron chi connectivity index (χ2n) is 6.46. The fraction of sp³-hybridized carbons (Fsp3) is 0.316. The lowest BCUT2D eigenvalue weighted by molar-refractivity contribution is -0.384. The molecule has 1 amide bonds. The van der Waals surface area contributed by atoms with Crippen LogP contribution >= 0.6 is 11.6 Å². The number of benzene rings is 2. The number of nitro groups is 1. The molecule has 1 saturated heterocycles. The van der Waals surface area contributed by atoms with Gasteiger partial charge in [-0.15, -0.1) is 0 Å². The van der Waals surface area contributed by atoms with Crippen molar-refractivity contribution >= 4 is 34.6 Å². The third-order valence-corrected chi connectivity index (χ3v) is 4.97. The summed E-state index contributed by atoms with van der Waals surface area (Å²) in [7, 11) is 0. The van der Waals surface area contributed by atoms with E-state index in [0.29, 0.717) is 36.6 Å². The molecule has 2 aromatic carbocycles. The molecule has 136 valence electrons. The van der Waals surface area contributed by atoms with Crippen molar-refractivity contribution in [3.8, 4) is 0 Å². The fourth-order valence-corrected chi connectivity index (χ4v) is 3.50. The number of anilines is 2. The van der Waals surface area contributed by atoms with E-state index in [4.69, 9.17) is 11.6 Å². The van der Waals surface area contributed by atoms with Crippen molar-refractivity contribution in [2.24, 2.45) is 5.92 Å². The van der Waals surface area contributed by atoms with E-state index in [9.17, 15) is 14.9 Å². The third-order valence-electron chi connectivity index (χ3n) is 4.73. The molecule has 2 aromatic rings. The van der Waals surface area contributed by atoms with Gasteiger partial charge >= 0.3 is 0 Å². The predicted molar refractivity (Wildman–Crippen MR) is 103 cm³/mol. The van der Waals surface area contributed by atoms with Crippen molar-refractivity contribution in [1.29, 1.82) is 0 Å². The van der Waals surface area contributed by atoms with E-state index >= 15 is 0 Å². The lowest BCUT2D eigenvalue weighted by Crippen LogP contribution is -2.38. The number of carbonyl (C=O) groups is 1. The Morgan fingerprint density at radius 2 is 1.92 bits per heavy atom. The fourth-order valence-electron chi connectivity index (χ4n) is 3.27. The van der Waals surface area contributed by atoms with Gasteiger partial charge in [-0.2, -0.15) is 0 Å². The maximum Gasteiger partial charge on any atom is 0.292 e. The second-order valence-corrected chi connectivity index (χ2v) is 6.89. The van der Waals surface area contributed by atoms with Gasteiger partial charge in [0.2, 0.25) is 5.91 Å². The minimum atomic E-state index is -0.364. The van der Waals surface area contributed by atoms with Gasteiger partial charge in [0.05, 0.1) is 4.92 Å². The molecule has 0 radical (unpaired) electrons. The molecule has 1 fully saturated rings. The van der Waals surface area contributed by atoms with Crippen molar-refractivity contribution in [1.82, 2.24) is 0 Å². The summed E-state index contributed by atoms with van der Waals surface area (Å²) in [4.78, 5) is 25.4. The number of hydrogen-bond acceptors (Lipinski definition) is 4. The number of carbonyl (C=O) groups excluding carboxylic acids is 1. The van der Waals surface area contributed by atoms with Crippen LogP contribution in [0.1, 0.15) is 18.4 Å². The number of aryl methyl sites for hydroxylation is 1. The summed E-state index contributed by atoms with van der Waals surface area (Å²) in [6.45, 7) is 3.13. The summed E-state index contributed by atoms with van der Waals surface area (Å²) in [5.74, 6) is -0.123. The molecular formula is C19H20ClN3O3. The quantitative estimate of drug-likeness (QED) is 0.636. The van der Waals surface area contributed by atoms with E-state index in [2.05, 4.69) is 5.32 Å².